The number of hydrogen-bond donors (Lipinski definition) is 2. The first-order chi connectivity index (χ1) is 19.0. The number of non-ortho nitro benzene ring substituents is 3. The first-order valence-corrected chi connectivity index (χ1v) is 11.6. The van der Waals surface area contributed by atoms with Crippen LogP contribution in [-0.2, 0) is 0 Å². The van der Waals surface area contributed by atoms with E-state index in [9.17, 15) is 30.3 Å². The van der Waals surface area contributed by atoms with Gasteiger partial charge in [0.1, 0.15) is 5.71 Å². The molecule has 0 aliphatic heterocycles. The van der Waals surface area contributed by atoms with Crippen molar-refractivity contribution in [3.05, 3.63) is 120 Å². The standard InChI is InChI=1S/C25H23N9O6.HI/c1-16(19-4-10-22(11-5-19)32(35)36)26-29-25(30-27-17(2)20-6-12-23(13-7-20)33(37)38)31-28-18(3)21-8-14-24(15-9-21)34(39)40;/h4-15H,1-3H3,(H2,29,30,31);1H/b26-16-,27-17-,28-18?;. The molecule has 0 fully saturated rings. The Morgan fingerprint density at radius 3 is 1.37 bits per heavy atom. The molecule has 0 aliphatic carbocycles. The van der Waals surface area contributed by atoms with Crippen molar-refractivity contribution in [2.45, 2.75) is 20.8 Å². The average molecular weight is 673 g/mol. The predicted octanol–water partition coefficient (Wildman–Crippen LogP) is 0.497. The number of nitrogens with one attached hydrogen (secondary N) is 1. The fourth-order valence-electron chi connectivity index (χ4n) is 3.17. The zero-order chi connectivity index (χ0) is 29.2. The number of benzene rings is 3. The molecule has 0 aromatic heterocycles. The quantitative estimate of drug-likeness (QED) is 0.0820. The molecule has 0 heterocycles. The van der Waals surface area contributed by atoms with E-state index in [0.29, 0.717) is 33.8 Å². The number of rotatable bonds is 9. The van der Waals surface area contributed by atoms with Crippen molar-refractivity contribution in [1.82, 2.24) is 5.43 Å². The van der Waals surface area contributed by atoms with Gasteiger partial charge in [0, 0.05) is 42.0 Å². The minimum Gasteiger partial charge on any atom is -1.00 e. The number of quaternary nitrogens is 1. The normalized spacial score (nSPS) is 12.4. The molecule has 0 bridgehead atoms. The van der Waals surface area contributed by atoms with Crippen molar-refractivity contribution in [2.75, 3.05) is 0 Å². The Morgan fingerprint density at radius 2 is 0.976 bits per heavy atom. The van der Waals surface area contributed by atoms with Crippen molar-refractivity contribution >= 4 is 40.2 Å². The molecule has 41 heavy (non-hydrogen) atoms. The van der Waals surface area contributed by atoms with Gasteiger partial charge in [-0.05, 0) is 68.3 Å². The number of guanidine groups is 1. The molecule has 3 N–H and O–H groups in total. The van der Waals surface area contributed by atoms with Gasteiger partial charge in [-0.25, -0.2) is 5.43 Å². The van der Waals surface area contributed by atoms with Gasteiger partial charge in [-0.15, -0.1) is 5.10 Å². The maximum absolute atomic E-state index is 10.9. The summed E-state index contributed by atoms with van der Waals surface area (Å²) in [6, 6.07) is 17.6. The van der Waals surface area contributed by atoms with Crippen molar-refractivity contribution in [3.63, 3.8) is 0 Å². The molecule has 3 rings (SSSR count). The van der Waals surface area contributed by atoms with Crippen molar-refractivity contribution in [2.24, 2.45) is 20.4 Å². The number of halogens is 1. The number of nitrogens with two attached hydrogens (primary N) is 1. The van der Waals surface area contributed by atoms with E-state index in [1.54, 1.807) is 57.2 Å². The summed E-state index contributed by atoms with van der Waals surface area (Å²) in [7, 11) is 0. The van der Waals surface area contributed by atoms with Crippen LogP contribution in [0.25, 0.3) is 0 Å². The lowest BCUT2D eigenvalue weighted by Gasteiger charge is -2.04. The lowest BCUT2D eigenvalue weighted by atomic mass is 10.1. The number of hydrogen-bond acceptors (Lipinski definition) is 10. The van der Waals surface area contributed by atoms with E-state index in [2.05, 4.69) is 25.8 Å². The van der Waals surface area contributed by atoms with E-state index < -0.39 is 14.8 Å². The maximum atomic E-state index is 10.9. The van der Waals surface area contributed by atoms with Gasteiger partial charge in [0.05, 0.1) is 26.2 Å². The minimum atomic E-state index is -0.498. The van der Waals surface area contributed by atoms with Gasteiger partial charge in [-0.1, -0.05) is 10.2 Å². The third-order valence-electron chi connectivity index (χ3n) is 5.51. The van der Waals surface area contributed by atoms with E-state index in [1.165, 1.54) is 41.8 Å². The molecule has 0 radical (unpaired) electrons. The summed E-state index contributed by atoms with van der Waals surface area (Å²) in [5, 5.41) is 49.7. The van der Waals surface area contributed by atoms with Crippen LogP contribution in [0.3, 0.4) is 0 Å². The van der Waals surface area contributed by atoms with Crippen LogP contribution in [0.15, 0.2) is 93.2 Å². The Morgan fingerprint density at radius 1 is 0.610 bits per heavy atom. The number of nitro benzene ring substituents is 3. The predicted molar refractivity (Wildman–Crippen MR) is 148 cm³/mol. The van der Waals surface area contributed by atoms with Gasteiger partial charge in [0.25, 0.3) is 17.1 Å². The Balaban J connectivity index is 0.00000588. The van der Waals surface area contributed by atoms with Crippen LogP contribution >= 0.6 is 0 Å². The third kappa shape index (κ3) is 9.32. The molecule has 0 atom stereocenters. The van der Waals surface area contributed by atoms with Crippen LogP contribution in [-0.4, -0.2) is 37.9 Å². The highest BCUT2D eigenvalue weighted by atomic mass is 127. The van der Waals surface area contributed by atoms with E-state index in [0.717, 1.165) is 0 Å². The zero-order valence-corrected chi connectivity index (χ0v) is 24.1. The molecule has 0 saturated carbocycles. The van der Waals surface area contributed by atoms with Crippen LogP contribution in [0.4, 0.5) is 17.1 Å². The summed E-state index contributed by atoms with van der Waals surface area (Å²) in [4.78, 5) is 31.2. The highest BCUT2D eigenvalue weighted by Crippen LogP contribution is 2.14. The van der Waals surface area contributed by atoms with Crippen molar-refractivity contribution < 1.29 is 44.2 Å². The van der Waals surface area contributed by atoms with Gasteiger partial charge in [0.2, 0.25) is 0 Å². The lowest BCUT2D eigenvalue weighted by molar-refractivity contribution is -0.549. The van der Waals surface area contributed by atoms with Crippen LogP contribution < -0.4 is 34.8 Å². The SMILES string of the molecule is CC(=N/N=C(\N/N=C(/C)c1ccc([N+](=O)[O-])cc1)[NH2+]/N=C(/C)c1ccc([N+](=O)[O-])cc1)c1ccc([N+](=O)[O-])cc1.[I-]. The smallest absolute Gasteiger partial charge is 0.365 e. The van der Waals surface area contributed by atoms with Crippen molar-refractivity contribution in [3.8, 4) is 0 Å². The average Bonchev–Trinajstić information content (AvgIpc) is 2.96. The number of nitrogens with zero attached hydrogens (tertiary/aromatic N) is 7. The second-order valence-electron chi connectivity index (χ2n) is 8.24. The van der Waals surface area contributed by atoms with Gasteiger partial charge in [-0.3, -0.25) is 30.3 Å². The summed E-state index contributed by atoms with van der Waals surface area (Å²) in [5.74, 6) is 0.129. The van der Waals surface area contributed by atoms with Crippen LogP contribution in [0.1, 0.15) is 37.5 Å². The molecule has 212 valence electrons. The highest BCUT2D eigenvalue weighted by Gasteiger charge is 2.10. The number of nitro groups is 3. The molecule has 15 nitrogen and oxygen atoms in total. The summed E-state index contributed by atoms with van der Waals surface area (Å²) in [6.07, 6.45) is 0. The molecule has 3 aromatic carbocycles. The van der Waals surface area contributed by atoms with E-state index in [1.807, 2.05) is 0 Å². The van der Waals surface area contributed by atoms with Crippen LogP contribution in [0.5, 0.6) is 0 Å². The first-order valence-electron chi connectivity index (χ1n) is 11.6. The molecule has 0 spiro atoms. The lowest BCUT2D eigenvalue weighted by Crippen LogP contribution is -3.00. The van der Waals surface area contributed by atoms with E-state index in [4.69, 9.17) is 0 Å². The molecule has 0 saturated heterocycles. The van der Waals surface area contributed by atoms with Crippen LogP contribution in [0, 0.1) is 30.3 Å². The summed E-state index contributed by atoms with van der Waals surface area (Å²) in [6.45, 7) is 5.09. The molecule has 0 aliphatic rings. The number of hydrazone groups is 1. The third-order valence-corrected chi connectivity index (χ3v) is 5.51. The highest BCUT2D eigenvalue weighted by molar-refractivity contribution is 6.00. The Bertz CT molecular complexity index is 1460. The fourth-order valence-corrected chi connectivity index (χ4v) is 3.17. The second kappa shape index (κ2) is 15.0. The largest absolute Gasteiger partial charge is 1.00 e. The Kier molecular flexibility index (Phi) is 11.8. The first kappa shape index (κ1) is 32.2. The summed E-state index contributed by atoms with van der Waals surface area (Å²) < 4.78 is 0. The van der Waals surface area contributed by atoms with Crippen LogP contribution in [0.2, 0.25) is 0 Å². The zero-order valence-electron chi connectivity index (χ0n) is 22.0. The molecule has 0 amide bonds. The van der Waals surface area contributed by atoms with Gasteiger partial charge < -0.3 is 24.0 Å². The van der Waals surface area contributed by atoms with Gasteiger partial charge in [-0.2, -0.15) is 10.5 Å². The molecule has 0 unspecified atom stereocenters. The minimum absolute atomic E-state index is 0. The Labute approximate surface area is 250 Å². The van der Waals surface area contributed by atoms with E-state index >= 15 is 0 Å². The summed E-state index contributed by atoms with van der Waals surface area (Å²) >= 11 is 0. The molecular weight excluding hydrogens is 649 g/mol. The maximum Gasteiger partial charge on any atom is 0.365 e. The monoisotopic (exact) mass is 673 g/mol. The van der Waals surface area contributed by atoms with E-state index in [-0.39, 0.29) is 47.0 Å². The Hall–Kier alpha value is -4.97. The topological polar surface area (TPSA) is 208 Å². The van der Waals surface area contributed by atoms with Crippen molar-refractivity contribution in [1.29, 1.82) is 0 Å². The summed E-state index contributed by atoms with van der Waals surface area (Å²) in [5.41, 5.74) is 7.40. The molecule has 3 aromatic rings. The fraction of sp³-hybridized carbons (Fsp3) is 0.120. The second-order valence-corrected chi connectivity index (χ2v) is 8.24. The van der Waals surface area contributed by atoms with Gasteiger partial charge >= 0.3 is 5.96 Å². The molecular formula is C25H24IN9O6. The van der Waals surface area contributed by atoms with Gasteiger partial charge in [0.15, 0.2) is 0 Å². The molecule has 16 heteroatoms.